The van der Waals surface area contributed by atoms with Crippen LogP contribution in [0, 0.1) is 0 Å². The summed E-state index contributed by atoms with van der Waals surface area (Å²) >= 11 is 0. The molecule has 0 saturated carbocycles. The topological polar surface area (TPSA) is 94.0 Å². The smallest absolute Gasteiger partial charge is 0.335 e. The second kappa shape index (κ2) is 5.34. The summed E-state index contributed by atoms with van der Waals surface area (Å²) in [6, 6.07) is 14.7. The maximum atomic E-state index is 11.2. The summed E-state index contributed by atoms with van der Waals surface area (Å²) in [5.74, 6) is -0.629. The number of nitrogen functional groups attached to an aromatic ring is 1. The molecule has 0 radical (unpaired) electrons. The van der Waals surface area contributed by atoms with E-state index >= 15 is 0 Å². The van der Waals surface area contributed by atoms with E-state index in [9.17, 15) is 9.90 Å². The normalized spacial score (nSPS) is 11.2. The Morgan fingerprint density at radius 1 is 1.17 bits per heavy atom. The van der Waals surface area contributed by atoms with Crippen molar-refractivity contribution in [1.82, 2.24) is 14.5 Å². The van der Waals surface area contributed by atoms with Gasteiger partial charge in [0.05, 0.1) is 28.7 Å². The first-order valence-electron chi connectivity index (χ1n) is 7.45. The average molecular weight is 318 g/mol. The number of aromatic nitrogens is 3. The van der Waals surface area contributed by atoms with Gasteiger partial charge in [-0.05, 0) is 29.8 Å². The zero-order valence-corrected chi connectivity index (χ0v) is 12.7. The van der Waals surface area contributed by atoms with Gasteiger partial charge in [-0.2, -0.15) is 0 Å². The van der Waals surface area contributed by atoms with Crippen LogP contribution in [0.15, 0.2) is 54.7 Å². The first-order valence-corrected chi connectivity index (χ1v) is 7.45. The summed E-state index contributed by atoms with van der Waals surface area (Å²) in [5.41, 5.74) is 9.53. The van der Waals surface area contributed by atoms with Crippen molar-refractivity contribution in [2.24, 2.45) is 0 Å². The summed E-state index contributed by atoms with van der Waals surface area (Å²) in [6.45, 7) is 0.472. The molecule has 0 spiro atoms. The number of nitrogens with zero attached hydrogens (tertiary/aromatic N) is 3. The number of aromatic carboxylic acids is 1. The van der Waals surface area contributed by atoms with Gasteiger partial charge in [-0.3, -0.25) is 4.98 Å². The Bertz CT molecular complexity index is 1080. The fourth-order valence-corrected chi connectivity index (χ4v) is 2.91. The highest BCUT2D eigenvalue weighted by atomic mass is 16.4. The maximum Gasteiger partial charge on any atom is 0.335 e. The molecule has 0 aliphatic rings. The molecule has 2 heterocycles. The number of para-hydroxylation sites is 1. The Balaban J connectivity index is 1.88. The van der Waals surface area contributed by atoms with Crippen molar-refractivity contribution in [2.75, 3.05) is 5.73 Å². The van der Waals surface area contributed by atoms with Crippen molar-refractivity contribution >= 4 is 33.9 Å². The zero-order valence-electron chi connectivity index (χ0n) is 12.7. The van der Waals surface area contributed by atoms with Crippen LogP contribution in [0.3, 0.4) is 0 Å². The van der Waals surface area contributed by atoms with Gasteiger partial charge in [-0.25, -0.2) is 9.78 Å². The standard InChI is InChI=1S/C18H14N4O2/c19-18-21-14-7-6-12(17(23)24)9-15(14)22(18)10-13-4-1-3-11-5-2-8-20-16(11)13/h1-9H,10H2,(H2,19,21)(H,23,24). The van der Waals surface area contributed by atoms with Crippen LogP contribution < -0.4 is 5.73 Å². The summed E-state index contributed by atoms with van der Waals surface area (Å²) < 4.78 is 1.81. The molecule has 6 nitrogen and oxygen atoms in total. The van der Waals surface area contributed by atoms with E-state index in [1.165, 1.54) is 6.07 Å². The number of imidazole rings is 1. The predicted octanol–water partition coefficient (Wildman–Crippen LogP) is 2.91. The quantitative estimate of drug-likeness (QED) is 0.605. The number of pyridine rings is 1. The van der Waals surface area contributed by atoms with Crippen LogP contribution in [0.1, 0.15) is 15.9 Å². The van der Waals surface area contributed by atoms with Gasteiger partial charge in [0, 0.05) is 11.6 Å². The molecule has 0 unspecified atom stereocenters. The number of carboxylic acids is 1. The minimum Gasteiger partial charge on any atom is -0.478 e. The first kappa shape index (κ1) is 14.2. The molecule has 118 valence electrons. The van der Waals surface area contributed by atoms with Crippen LogP contribution in [-0.2, 0) is 6.54 Å². The highest BCUT2D eigenvalue weighted by Gasteiger charge is 2.13. The third-order valence-electron chi connectivity index (χ3n) is 4.07. The highest BCUT2D eigenvalue weighted by Crippen LogP contribution is 2.23. The Kier molecular flexibility index (Phi) is 3.16. The molecule has 4 aromatic rings. The molecule has 2 aromatic heterocycles. The van der Waals surface area contributed by atoms with Crippen molar-refractivity contribution in [1.29, 1.82) is 0 Å². The Morgan fingerprint density at radius 2 is 2.00 bits per heavy atom. The van der Waals surface area contributed by atoms with Crippen molar-refractivity contribution in [2.45, 2.75) is 6.54 Å². The molecule has 0 atom stereocenters. The Labute approximate surface area is 137 Å². The van der Waals surface area contributed by atoms with Gasteiger partial charge in [-0.1, -0.05) is 24.3 Å². The van der Waals surface area contributed by atoms with Crippen LogP contribution >= 0.6 is 0 Å². The number of hydrogen-bond acceptors (Lipinski definition) is 4. The van der Waals surface area contributed by atoms with Gasteiger partial charge in [0.25, 0.3) is 0 Å². The lowest BCUT2D eigenvalue weighted by Crippen LogP contribution is -2.06. The molecule has 4 rings (SSSR count). The minimum atomic E-state index is -0.977. The monoisotopic (exact) mass is 318 g/mol. The van der Waals surface area contributed by atoms with E-state index in [-0.39, 0.29) is 5.56 Å². The van der Waals surface area contributed by atoms with Crippen LogP contribution in [-0.4, -0.2) is 25.6 Å². The molecule has 3 N–H and O–H groups in total. The molecule has 0 saturated heterocycles. The van der Waals surface area contributed by atoms with E-state index in [4.69, 9.17) is 5.73 Å². The number of fused-ring (bicyclic) bond motifs is 2. The summed E-state index contributed by atoms with van der Waals surface area (Å²) in [6.07, 6.45) is 1.75. The molecule has 0 aliphatic carbocycles. The number of benzene rings is 2. The predicted molar refractivity (Wildman–Crippen MR) is 91.9 cm³/mol. The zero-order chi connectivity index (χ0) is 16.7. The molecular weight excluding hydrogens is 304 g/mol. The Morgan fingerprint density at radius 3 is 2.83 bits per heavy atom. The van der Waals surface area contributed by atoms with E-state index in [0.29, 0.717) is 23.5 Å². The van der Waals surface area contributed by atoms with E-state index < -0.39 is 5.97 Å². The van der Waals surface area contributed by atoms with Gasteiger partial charge in [0.15, 0.2) is 0 Å². The van der Waals surface area contributed by atoms with E-state index in [1.807, 2.05) is 34.9 Å². The molecule has 0 fully saturated rings. The summed E-state index contributed by atoms with van der Waals surface area (Å²) in [4.78, 5) is 20.0. The second-order valence-electron chi connectivity index (χ2n) is 5.56. The molecular formula is C18H14N4O2. The number of carbonyl (C=O) groups is 1. The van der Waals surface area contributed by atoms with Crippen LogP contribution in [0.2, 0.25) is 0 Å². The summed E-state index contributed by atoms with van der Waals surface area (Å²) in [7, 11) is 0. The lowest BCUT2D eigenvalue weighted by Gasteiger charge is -2.09. The molecule has 0 aliphatic heterocycles. The largest absolute Gasteiger partial charge is 0.478 e. The SMILES string of the molecule is Nc1nc2ccc(C(=O)O)cc2n1Cc1cccc2cccnc12. The lowest BCUT2D eigenvalue weighted by atomic mass is 10.1. The average Bonchev–Trinajstić information content (AvgIpc) is 2.90. The van der Waals surface area contributed by atoms with Gasteiger partial charge < -0.3 is 15.4 Å². The number of rotatable bonds is 3. The first-order chi connectivity index (χ1) is 11.6. The van der Waals surface area contributed by atoms with Gasteiger partial charge in [0.2, 0.25) is 5.95 Å². The minimum absolute atomic E-state index is 0.208. The van der Waals surface area contributed by atoms with Gasteiger partial charge >= 0.3 is 5.97 Å². The number of nitrogens with two attached hydrogens (primary N) is 1. The molecule has 2 aromatic carbocycles. The fourth-order valence-electron chi connectivity index (χ4n) is 2.91. The summed E-state index contributed by atoms with van der Waals surface area (Å²) in [5, 5.41) is 10.2. The van der Waals surface area contributed by atoms with Crippen LogP contribution in [0.5, 0.6) is 0 Å². The van der Waals surface area contributed by atoms with E-state index in [1.54, 1.807) is 18.3 Å². The number of carboxylic acid groups (broad SMARTS) is 1. The number of hydrogen-bond donors (Lipinski definition) is 2. The molecule has 24 heavy (non-hydrogen) atoms. The van der Waals surface area contributed by atoms with Crippen LogP contribution in [0.25, 0.3) is 21.9 Å². The maximum absolute atomic E-state index is 11.2. The van der Waals surface area contributed by atoms with Gasteiger partial charge in [0.1, 0.15) is 0 Å². The van der Waals surface area contributed by atoms with E-state index in [2.05, 4.69) is 9.97 Å². The van der Waals surface area contributed by atoms with Crippen molar-refractivity contribution in [3.8, 4) is 0 Å². The molecule has 6 heteroatoms. The van der Waals surface area contributed by atoms with E-state index in [0.717, 1.165) is 16.5 Å². The number of anilines is 1. The van der Waals surface area contributed by atoms with Crippen molar-refractivity contribution in [3.05, 3.63) is 65.9 Å². The van der Waals surface area contributed by atoms with Gasteiger partial charge in [-0.15, -0.1) is 0 Å². The lowest BCUT2D eigenvalue weighted by molar-refractivity contribution is 0.0697. The molecule has 0 bridgehead atoms. The van der Waals surface area contributed by atoms with Crippen LogP contribution in [0.4, 0.5) is 5.95 Å². The third kappa shape index (κ3) is 2.25. The van der Waals surface area contributed by atoms with Crippen molar-refractivity contribution < 1.29 is 9.90 Å². The second-order valence-corrected chi connectivity index (χ2v) is 5.56. The van der Waals surface area contributed by atoms with Crippen molar-refractivity contribution in [3.63, 3.8) is 0 Å². The highest BCUT2D eigenvalue weighted by molar-refractivity contribution is 5.93. The molecule has 0 amide bonds. The fraction of sp³-hybridized carbons (Fsp3) is 0.0556. The third-order valence-corrected chi connectivity index (χ3v) is 4.07. The Hall–Kier alpha value is -3.41.